The highest BCUT2D eigenvalue weighted by atomic mass is 35.5. The fourth-order valence-corrected chi connectivity index (χ4v) is 5.42. The minimum absolute atomic E-state index is 0.00596. The Hall–Kier alpha value is -3.97. The fraction of sp³-hybridized carbons (Fsp3) is 0.312. The average molecular weight is 557 g/mol. The van der Waals surface area contributed by atoms with Crippen molar-refractivity contribution in [3.63, 3.8) is 0 Å². The Morgan fingerprint density at radius 3 is 2.23 bits per heavy atom. The molecule has 3 aromatic carbocycles. The Morgan fingerprint density at radius 2 is 1.55 bits per heavy atom. The van der Waals surface area contributed by atoms with Crippen LogP contribution in [0.15, 0.2) is 60.7 Å². The van der Waals surface area contributed by atoms with Crippen molar-refractivity contribution in [3.8, 4) is 11.3 Å². The van der Waals surface area contributed by atoms with Crippen molar-refractivity contribution in [2.45, 2.75) is 39.5 Å². The first kappa shape index (κ1) is 27.6. The molecule has 0 spiro atoms. The Kier molecular flexibility index (Phi) is 8.31. The second-order valence-corrected chi connectivity index (χ2v) is 10.9. The van der Waals surface area contributed by atoms with Crippen molar-refractivity contribution in [1.82, 2.24) is 14.9 Å². The number of benzene rings is 3. The largest absolute Gasteiger partial charge is 0.481 e. The van der Waals surface area contributed by atoms with Gasteiger partial charge in [0.2, 0.25) is 0 Å². The summed E-state index contributed by atoms with van der Waals surface area (Å²) in [5.74, 6) is -0.811. The number of carbonyl (C=O) groups excluding carboxylic acids is 1. The smallest absolute Gasteiger partial charge is 0.303 e. The van der Waals surface area contributed by atoms with Gasteiger partial charge >= 0.3 is 5.97 Å². The molecule has 1 aliphatic heterocycles. The number of unbranched alkanes of at least 4 members (excludes halogenated alkanes) is 1. The number of nitrogens with zero attached hydrogens (tertiary/aromatic N) is 4. The van der Waals surface area contributed by atoms with Crippen LogP contribution in [0.25, 0.3) is 22.3 Å². The van der Waals surface area contributed by atoms with E-state index in [1.54, 1.807) is 0 Å². The normalized spacial score (nSPS) is 13.6. The molecular weight excluding hydrogens is 524 g/mol. The lowest BCUT2D eigenvalue weighted by Gasteiger charge is -2.36. The van der Waals surface area contributed by atoms with Crippen LogP contribution in [0.1, 0.15) is 46.4 Å². The van der Waals surface area contributed by atoms with Gasteiger partial charge in [0.25, 0.3) is 5.91 Å². The van der Waals surface area contributed by atoms with E-state index < -0.39 is 5.97 Å². The zero-order valence-electron chi connectivity index (χ0n) is 22.9. The van der Waals surface area contributed by atoms with Gasteiger partial charge < -0.3 is 14.9 Å². The molecule has 0 aliphatic carbocycles. The summed E-state index contributed by atoms with van der Waals surface area (Å²) in [4.78, 5) is 38.5. The number of halogens is 1. The molecule has 1 aliphatic rings. The summed E-state index contributed by atoms with van der Waals surface area (Å²) in [7, 11) is 0. The van der Waals surface area contributed by atoms with Crippen molar-refractivity contribution in [2.24, 2.45) is 0 Å². The molecule has 0 saturated carbocycles. The fourth-order valence-electron chi connectivity index (χ4n) is 5.29. The van der Waals surface area contributed by atoms with E-state index in [2.05, 4.69) is 36.9 Å². The zero-order chi connectivity index (χ0) is 28.2. The van der Waals surface area contributed by atoms with E-state index in [0.29, 0.717) is 54.0 Å². The number of aliphatic carboxylic acids is 1. The molecule has 5 rings (SSSR count). The predicted octanol–water partition coefficient (Wildman–Crippen LogP) is 6.33. The van der Waals surface area contributed by atoms with Crippen LogP contribution in [0.2, 0.25) is 5.02 Å². The summed E-state index contributed by atoms with van der Waals surface area (Å²) < 4.78 is 0. The number of hydrogen-bond donors (Lipinski definition) is 1. The van der Waals surface area contributed by atoms with Crippen molar-refractivity contribution in [2.75, 3.05) is 31.1 Å². The van der Waals surface area contributed by atoms with Crippen LogP contribution in [0.3, 0.4) is 0 Å². The van der Waals surface area contributed by atoms with E-state index in [-0.39, 0.29) is 12.3 Å². The van der Waals surface area contributed by atoms with Crippen LogP contribution in [0.4, 0.5) is 5.69 Å². The van der Waals surface area contributed by atoms with Gasteiger partial charge in [-0.15, -0.1) is 0 Å². The number of aryl methyl sites for hydroxylation is 3. The number of rotatable bonds is 8. The molecule has 1 saturated heterocycles. The first-order valence-electron chi connectivity index (χ1n) is 13.7. The minimum Gasteiger partial charge on any atom is -0.481 e. The first-order valence-corrected chi connectivity index (χ1v) is 14.1. The Balaban J connectivity index is 1.36. The van der Waals surface area contributed by atoms with Crippen LogP contribution in [0.5, 0.6) is 0 Å². The minimum atomic E-state index is -0.805. The monoisotopic (exact) mass is 556 g/mol. The summed E-state index contributed by atoms with van der Waals surface area (Å²) in [6, 6.07) is 19.5. The van der Waals surface area contributed by atoms with Gasteiger partial charge in [-0.3, -0.25) is 9.59 Å². The van der Waals surface area contributed by atoms with E-state index >= 15 is 0 Å². The lowest BCUT2D eigenvalue weighted by atomic mass is 10.0. The second-order valence-electron chi connectivity index (χ2n) is 10.5. The van der Waals surface area contributed by atoms with Crippen LogP contribution >= 0.6 is 11.6 Å². The number of hydrogen-bond acceptors (Lipinski definition) is 5. The molecule has 0 atom stereocenters. The molecule has 0 bridgehead atoms. The lowest BCUT2D eigenvalue weighted by Crippen LogP contribution is -2.48. The topological polar surface area (TPSA) is 86.6 Å². The molecule has 206 valence electrons. The van der Waals surface area contributed by atoms with Crippen molar-refractivity contribution in [3.05, 3.63) is 88.1 Å². The number of carboxylic acids is 1. The highest BCUT2D eigenvalue weighted by Crippen LogP contribution is 2.27. The third kappa shape index (κ3) is 6.42. The van der Waals surface area contributed by atoms with Crippen molar-refractivity contribution < 1.29 is 14.7 Å². The number of piperazine rings is 1. The zero-order valence-corrected chi connectivity index (χ0v) is 23.6. The summed E-state index contributed by atoms with van der Waals surface area (Å²) in [6.07, 6.45) is 1.94. The molecule has 40 heavy (non-hydrogen) atoms. The summed E-state index contributed by atoms with van der Waals surface area (Å²) in [5, 5.41) is 9.65. The number of amides is 1. The van der Waals surface area contributed by atoms with Gasteiger partial charge in [0.1, 0.15) is 0 Å². The number of anilines is 1. The molecule has 2 heterocycles. The molecule has 1 aromatic heterocycles. The standard InChI is InChI=1S/C32H33ClN4O3/c1-21-17-22(2)19-26(18-21)36-13-15-37(16-14-36)32(40)24-9-12-27-29(20-24)34-28(5-3-4-6-30(38)39)31(35-27)23-7-10-25(33)11-8-23/h7-12,17-20H,3-6,13-16H2,1-2H3,(H,38,39). The molecule has 8 heteroatoms. The van der Waals surface area contributed by atoms with Crippen LogP contribution in [-0.4, -0.2) is 58.0 Å². The van der Waals surface area contributed by atoms with E-state index in [9.17, 15) is 9.59 Å². The van der Waals surface area contributed by atoms with Gasteiger partial charge in [0.05, 0.1) is 22.4 Å². The Labute approximate surface area is 239 Å². The van der Waals surface area contributed by atoms with Gasteiger partial charge in [0.15, 0.2) is 0 Å². The second kappa shape index (κ2) is 12.0. The number of aromatic nitrogens is 2. The molecule has 1 amide bonds. The average Bonchev–Trinajstić information content (AvgIpc) is 2.94. The SMILES string of the molecule is Cc1cc(C)cc(N2CCN(C(=O)c3ccc4nc(-c5ccc(Cl)cc5)c(CCCCC(=O)O)nc4c3)CC2)c1. The number of fused-ring (bicyclic) bond motifs is 1. The highest BCUT2D eigenvalue weighted by Gasteiger charge is 2.23. The molecule has 1 fully saturated rings. The van der Waals surface area contributed by atoms with Crippen LogP contribution < -0.4 is 4.90 Å². The van der Waals surface area contributed by atoms with Gasteiger partial charge in [-0.05, 0) is 86.7 Å². The molecule has 4 aromatic rings. The summed E-state index contributed by atoms with van der Waals surface area (Å²) in [6.45, 7) is 7.09. The first-order chi connectivity index (χ1) is 19.3. The maximum Gasteiger partial charge on any atom is 0.303 e. The van der Waals surface area contributed by atoms with E-state index in [1.807, 2.05) is 47.4 Å². The highest BCUT2D eigenvalue weighted by molar-refractivity contribution is 6.30. The van der Waals surface area contributed by atoms with Crippen LogP contribution in [0, 0.1) is 13.8 Å². The van der Waals surface area contributed by atoms with E-state index in [0.717, 1.165) is 30.0 Å². The van der Waals surface area contributed by atoms with Gasteiger partial charge in [0, 0.05) is 54.4 Å². The molecule has 0 radical (unpaired) electrons. The third-order valence-electron chi connectivity index (χ3n) is 7.29. The number of carbonyl (C=O) groups is 2. The van der Waals surface area contributed by atoms with E-state index in [4.69, 9.17) is 26.7 Å². The van der Waals surface area contributed by atoms with Gasteiger partial charge in [-0.2, -0.15) is 0 Å². The molecular formula is C32H33ClN4O3. The number of carboxylic acid groups (broad SMARTS) is 1. The van der Waals surface area contributed by atoms with Crippen LogP contribution in [-0.2, 0) is 11.2 Å². The maximum atomic E-state index is 13.5. The van der Waals surface area contributed by atoms with Crippen molar-refractivity contribution in [1.29, 1.82) is 0 Å². The predicted molar refractivity (Wildman–Crippen MR) is 159 cm³/mol. The van der Waals surface area contributed by atoms with Crippen molar-refractivity contribution >= 4 is 40.2 Å². The quantitative estimate of drug-likeness (QED) is 0.255. The third-order valence-corrected chi connectivity index (χ3v) is 7.55. The lowest BCUT2D eigenvalue weighted by molar-refractivity contribution is -0.137. The van der Waals surface area contributed by atoms with Gasteiger partial charge in [-0.25, -0.2) is 9.97 Å². The summed E-state index contributed by atoms with van der Waals surface area (Å²) >= 11 is 6.10. The molecule has 7 nitrogen and oxygen atoms in total. The molecule has 1 N–H and O–H groups in total. The molecule has 0 unspecified atom stereocenters. The Morgan fingerprint density at radius 1 is 0.850 bits per heavy atom. The maximum absolute atomic E-state index is 13.5. The van der Waals surface area contributed by atoms with Gasteiger partial charge in [-0.1, -0.05) is 29.8 Å². The Bertz CT molecular complexity index is 1530. The summed E-state index contributed by atoms with van der Waals surface area (Å²) in [5.41, 5.74) is 8.08. The van der Waals surface area contributed by atoms with E-state index in [1.165, 1.54) is 16.8 Å².